The van der Waals surface area contributed by atoms with Gasteiger partial charge < -0.3 is 13.9 Å². The summed E-state index contributed by atoms with van der Waals surface area (Å²) in [5.74, 6) is -0.231. The molecule has 1 atom stereocenters. The van der Waals surface area contributed by atoms with E-state index in [1.807, 2.05) is 0 Å². The molecule has 1 aliphatic rings. The second-order valence-electron chi connectivity index (χ2n) is 6.92. The van der Waals surface area contributed by atoms with E-state index in [0.29, 0.717) is 22.4 Å². The van der Waals surface area contributed by atoms with E-state index in [4.69, 9.17) is 13.9 Å². The van der Waals surface area contributed by atoms with Gasteiger partial charge in [-0.25, -0.2) is 13.2 Å². The van der Waals surface area contributed by atoms with E-state index in [1.54, 1.807) is 42.5 Å². The van der Waals surface area contributed by atoms with E-state index in [9.17, 15) is 18.0 Å². The SMILES string of the molecule is COc1ccc(N(C(=O)c2cc3ccccc3oc2=O)[C@H]2C=CS(=O)(=O)C2)c(OC)c1. The minimum atomic E-state index is -3.48. The maximum absolute atomic E-state index is 13.6. The summed E-state index contributed by atoms with van der Waals surface area (Å²) in [5, 5.41) is 1.64. The number of hydrogen-bond donors (Lipinski definition) is 0. The molecule has 9 heteroatoms. The number of amides is 1. The molecule has 0 radical (unpaired) electrons. The number of fused-ring (bicyclic) bond motifs is 1. The van der Waals surface area contributed by atoms with Crippen LogP contribution in [0.1, 0.15) is 10.4 Å². The summed E-state index contributed by atoms with van der Waals surface area (Å²) >= 11 is 0. The molecule has 160 valence electrons. The molecular weight excluding hydrogens is 422 g/mol. The van der Waals surface area contributed by atoms with E-state index < -0.39 is 27.4 Å². The lowest BCUT2D eigenvalue weighted by Crippen LogP contribution is -2.43. The first-order chi connectivity index (χ1) is 14.8. The van der Waals surface area contributed by atoms with Gasteiger partial charge in [0, 0.05) is 16.9 Å². The van der Waals surface area contributed by atoms with E-state index in [2.05, 4.69) is 0 Å². The Balaban J connectivity index is 1.88. The normalized spacial score (nSPS) is 16.9. The van der Waals surface area contributed by atoms with Crippen molar-refractivity contribution in [1.82, 2.24) is 0 Å². The van der Waals surface area contributed by atoms with Gasteiger partial charge in [0.1, 0.15) is 22.6 Å². The second-order valence-corrected chi connectivity index (χ2v) is 8.85. The highest BCUT2D eigenvalue weighted by atomic mass is 32.2. The minimum Gasteiger partial charge on any atom is -0.497 e. The van der Waals surface area contributed by atoms with Gasteiger partial charge in [0.25, 0.3) is 5.91 Å². The average molecular weight is 441 g/mol. The smallest absolute Gasteiger partial charge is 0.349 e. The van der Waals surface area contributed by atoms with Crippen LogP contribution in [0.4, 0.5) is 5.69 Å². The van der Waals surface area contributed by atoms with E-state index in [0.717, 1.165) is 5.41 Å². The number of para-hydroxylation sites is 1. The van der Waals surface area contributed by atoms with Crippen LogP contribution in [-0.4, -0.2) is 40.3 Å². The monoisotopic (exact) mass is 441 g/mol. The Labute approximate surface area is 178 Å². The number of carbonyl (C=O) groups is 1. The molecule has 0 saturated carbocycles. The lowest BCUT2D eigenvalue weighted by atomic mass is 10.1. The molecule has 2 aromatic carbocycles. The quantitative estimate of drug-likeness (QED) is 0.561. The van der Waals surface area contributed by atoms with Crippen molar-refractivity contribution in [2.75, 3.05) is 24.9 Å². The Hall–Kier alpha value is -3.59. The summed E-state index contributed by atoms with van der Waals surface area (Å²) < 4.78 is 40.1. The van der Waals surface area contributed by atoms with Crippen LogP contribution in [0.25, 0.3) is 11.0 Å². The van der Waals surface area contributed by atoms with Crippen molar-refractivity contribution in [3.05, 3.63) is 76.0 Å². The zero-order valence-corrected chi connectivity index (χ0v) is 17.6. The predicted octanol–water partition coefficient (Wildman–Crippen LogP) is 2.77. The van der Waals surface area contributed by atoms with Crippen molar-refractivity contribution in [2.24, 2.45) is 0 Å². The van der Waals surface area contributed by atoms with Crippen molar-refractivity contribution in [1.29, 1.82) is 0 Å². The molecular formula is C22H19NO7S. The van der Waals surface area contributed by atoms with E-state index in [-0.39, 0.29) is 17.1 Å². The molecule has 0 aliphatic carbocycles. The lowest BCUT2D eigenvalue weighted by Gasteiger charge is -2.29. The summed E-state index contributed by atoms with van der Waals surface area (Å²) in [6.07, 6.45) is 1.42. The first-order valence-electron chi connectivity index (χ1n) is 9.32. The number of nitrogens with zero attached hydrogens (tertiary/aromatic N) is 1. The summed E-state index contributed by atoms with van der Waals surface area (Å²) in [6.45, 7) is 0. The summed E-state index contributed by atoms with van der Waals surface area (Å²) in [5.41, 5.74) is -0.381. The predicted molar refractivity (Wildman–Crippen MR) is 116 cm³/mol. The number of ether oxygens (including phenoxy) is 2. The van der Waals surface area contributed by atoms with Crippen LogP contribution >= 0.6 is 0 Å². The fraction of sp³-hybridized carbons (Fsp3) is 0.182. The Morgan fingerprint density at radius 3 is 2.55 bits per heavy atom. The Kier molecular flexibility index (Phi) is 5.28. The van der Waals surface area contributed by atoms with Crippen molar-refractivity contribution >= 4 is 32.4 Å². The molecule has 0 unspecified atom stereocenters. The number of sulfone groups is 1. The first-order valence-corrected chi connectivity index (χ1v) is 11.0. The van der Waals surface area contributed by atoms with E-state index >= 15 is 0 Å². The van der Waals surface area contributed by atoms with Crippen molar-refractivity contribution in [3.63, 3.8) is 0 Å². The van der Waals surface area contributed by atoms with Crippen molar-refractivity contribution in [2.45, 2.75) is 6.04 Å². The average Bonchev–Trinajstić information content (AvgIpc) is 3.12. The molecule has 0 N–H and O–H groups in total. The molecule has 1 amide bonds. The third-order valence-corrected chi connectivity index (χ3v) is 6.36. The summed E-state index contributed by atoms with van der Waals surface area (Å²) in [6, 6.07) is 12.2. The van der Waals surface area contributed by atoms with Crippen LogP contribution < -0.4 is 20.0 Å². The van der Waals surface area contributed by atoms with Gasteiger partial charge in [0.05, 0.1) is 31.7 Å². The number of anilines is 1. The van der Waals surface area contributed by atoms with Crippen LogP contribution in [0.15, 0.2) is 69.2 Å². The summed E-state index contributed by atoms with van der Waals surface area (Å²) in [4.78, 5) is 27.4. The highest BCUT2D eigenvalue weighted by Gasteiger charge is 2.35. The highest BCUT2D eigenvalue weighted by molar-refractivity contribution is 7.94. The standard InChI is InChI=1S/C22H19NO7S/c1-28-16-7-8-18(20(12-16)29-2)23(15-9-10-31(26,27)13-15)21(24)17-11-14-5-3-4-6-19(14)30-22(17)25/h3-12,15H,13H2,1-2H3/t15-/m0/s1. The van der Waals surface area contributed by atoms with Gasteiger partial charge in [-0.15, -0.1) is 0 Å². The lowest BCUT2D eigenvalue weighted by molar-refractivity contribution is 0.0979. The first kappa shape index (κ1) is 20.7. The van der Waals surface area contributed by atoms with Crippen LogP contribution in [0.5, 0.6) is 11.5 Å². The third-order valence-electron chi connectivity index (χ3n) is 4.98. The molecule has 0 spiro atoms. The van der Waals surface area contributed by atoms with Crippen LogP contribution in [0.2, 0.25) is 0 Å². The highest BCUT2D eigenvalue weighted by Crippen LogP contribution is 2.35. The second kappa shape index (κ2) is 7.92. The molecule has 0 bridgehead atoms. The molecule has 4 rings (SSSR count). The van der Waals surface area contributed by atoms with Gasteiger partial charge in [-0.3, -0.25) is 9.69 Å². The number of rotatable bonds is 5. The molecule has 8 nitrogen and oxygen atoms in total. The number of methoxy groups -OCH3 is 2. The molecule has 2 heterocycles. The fourth-order valence-electron chi connectivity index (χ4n) is 3.48. The van der Waals surface area contributed by atoms with Gasteiger partial charge >= 0.3 is 5.63 Å². The molecule has 0 saturated heterocycles. The molecule has 3 aromatic rings. The molecule has 1 aliphatic heterocycles. The maximum Gasteiger partial charge on any atom is 0.349 e. The van der Waals surface area contributed by atoms with E-state index in [1.165, 1.54) is 31.3 Å². The third kappa shape index (κ3) is 3.91. The Morgan fingerprint density at radius 1 is 1.10 bits per heavy atom. The zero-order chi connectivity index (χ0) is 22.2. The van der Waals surface area contributed by atoms with Crippen LogP contribution in [0.3, 0.4) is 0 Å². The van der Waals surface area contributed by atoms with Gasteiger partial charge in [0.2, 0.25) is 0 Å². The molecule has 0 fully saturated rings. The van der Waals surface area contributed by atoms with Gasteiger partial charge in [0.15, 0.2) is 9.84 Å². The Bertz CT molecular complexity index is 1360. The number of hydrogen-bond acceptors (Lipinski definition) is 7. The molecule has 31 heavy (non-hydrogen) atoms. The fourth-order valence-corrected chi connectivity index (χ4v) is 4.75. The van der Waals surface area contributed by atoms with Crippen LogP contribution in [-0.2, 0) is 9.84 Å². The van der Waals surface area contributed by atoms with Crippen molar-refractivity contribution < 1.29 is 27.1 Å². The Morgan fingerprint density at radius 2 is 1.87 bits per heavy atom. The number of benzene rings is 2. The molecule has 1 aromatic heterocycles. The maximum atomic E-state index is 13.6. The minimum absolute atomic E-state index is 0.214. The largest absolute Gasteiger partial charge is 0.497 e. The van der Waals surface area contributed by atoms with Gasteiger partial charge in [-0.05, 0) is 30.3 Å². The van der Waals surface area contributed by atoms with Gasteiger partial charge in [-0.1, -0.05) is 18.2 Å². The van der Waals surface area contributed by atoms with Crippen LogP contribution in [0, 0.1) is 0 Å². The van der Waals surface area contributed by atoms with Crippen molar-refractivity contribution in [3.8, 4) is 11.5 Å². The number of carbonyl (C=O) groups excluding carboxylic acids is 1. The summed E-state index contributed by atoms with van der Waals surface area (Å²) in [7, 11) is -0.570. The zero-order valence-electron chi connectivity index (χ0n) is 16.8. The van der Waals surface area contributed by atoms with Gasteiger partial charge in [-0.2, -0.15) is 0 Å². The topological polar surface area (TPSA) is 103 Å².